The number of anilines is 3. The minimum atomic E-state index is -1.86. The van der Waals surface area contributed by atoms with E-state index in [1.54, 1.807) is 18.3 Å². The van der Waals surface area contributed by atoms with Crippen molar-refractivity contribution in [3.05, 3.63) is 24.4 Å². The molecule has 1 unspecified atom stereocenters. The number of ether oxygens (including phenoxy) is 3. The third-order valence-electron chi connectivity index (χ3n) is 5.01. The maximum Gasteiger partial charge on any atom is 0.228 e. The van der Waals surface area contributed by atoms with Crippen molar-refractivity contribution in [3.8, 4) is 17.2 Å². The van der Waals surface area contributed by atoms with E-state index in [-0.39, 0.29) is 11.9 Å². The molecule has 0 radical (unpaired) electrons. The quantitative estimate of drug-likeness (QED) is 0.193. The summed E-state index contributed by atoms with van der Waals surface area (Å²) in [7, 11) is 4.59. The van der Waals surface area contributed by atoms with Gasteiger partial charge in [0.05, 0.1) is 26.7 Å². The molecule has 4 N–H and O–H groups in total. The summed E-state index contributed by atoms with van der Waals surface area (Å²) in [4.78, 5) is 24.3. The first kappa shape index (κ1) is 26.8. The summed E-state index contributed by atoms with van der Waals surface area (Å²) in [5.74, 6) is 1.72. The monoisotopic (exact) mass is 544 g/mol. The molecule has 3 aromatic rings. The van der Waals surface area contributed by atoms with E-state index in [2.05, 4.69) is 30.9 Å². The van der Waals surface area contributed by atoms with Crippen molar-refractivity contribution >= 4 is 69.2 Å². The first-order valence-electron chi connectivity index (χ1n) is 10.7. The highest BCUT2D eigenvalue weighted by Crippen LogP contribution is 2.41. The lowest BCUT2D eigenvalue weighted by molar-refractivity contribution is -0.121. The molecule has 1 aromatic carbocycles. The molecule has 3 rings (SSSR count). The van der Waals surface area contributed by atoms with Crippen LogP contribution in [0, 0.1) is 0 Å². The number of hydrogen-bond acceptors (Lipinski definition) is 8. The van der Waals surface area contributed by atoms with Gasteiger partial charge in [-0.2, -0.15) is 9.97 Å². The van der Waals surface area contributed by atoms with Gasteiger partial charge in [-0.15, -0.1) is 0 Å². The second-order valence-electron chi connectivity index (χ2n) is 7.46. The predicted octanol–water partition coefficient (Wildman–Crippen LogP) is 5.14. The zero-order chi connectivity index (χ0) is 25.6. The highest BCUT2D eigenvalue weighted by atomic mass is 35.6. The maximum atomic E-state index is 12.3. The number of rotatable bonds is 11. The number of nitrogens with zero attached hydrogens (tertiary/aromatic N) is 2. The fraction of sp³-hybridized carbons (Fsp3) is 0.409. The van der Waals surface area contributed by atoms with E-state index in [1.807, 2.05) is 13.0 Å². The largest absolute Gasteiger partial charge is 0.493 e. The van der Waals surface area contributed by atoms with E-state index >= 15 is 0 Å². The Morgan fingerprint density at radius 3 is 2.37 bits per heavy atom. The van der Waals surface area contributed by atoms with E-state index in [4.69, 9.17) is 49.0 Å². The Hall–Kier alpha value is -2.82. The fourth-order valence-corrected chi connectivity index (χ4v) is 3.62. The molecule has 10 nitrogen and oxygen atoms in total. The van der Waals surface area contributed by atoms with Gasteiger partial charge in [-0.1, -0.05) is 48.1 Å². The second kappa shape index (κ2) is 11.7. The molecule has 0 spiro atoms. The molecule has 0 fully saturated rings. The number of alkyl halides is 3. The fourth-order valence-electron chi connectivity index (χ4n) is 3.29. The van der Waals surface area contributed by atoms with Crippen molar-refractivity contribution in [2.45, 2.75) is 36.1 Å². The number of fused-ring (bicyclic) bond motifs is 1. The smallest absolute Gasteiger partial charge is 0.228 e. The summed E-state index contributed by atoms with van der Waals surface area (Å²) in [6.45, 7) is 1.99. The van der Waals surface area contributed by atoms with Crippen LogP contribution in [0.5, 0.6) is 17.2 Å². The minimum Gasteiger partial charge on any atom is -0.493 e. The topological polar surface area (TPSA) is 122 Å². The molecule has 1 amide bonds. The number of aromatic amines is 1. The molecule has 0 aliphatic heterocycles. The molecule has 0 saturated carbocycles. The van der Waals surface area contributed by atoms with Crippen LogP contribution in [-0.4, -0.2) is 52.1 Å². The van der Waals surface area contributed by atoms with E-state index in [1.165, 1.54) is 21.3 Å². The molecule has 2 aromatic heterocycles. The van der Waals surface area contributed by atoms with Crippen LogP contribution in [0.15, 0.2) is 24.4 Å². The summed E-state index contributed by atoms with van der Waals surface area (Å²) >= 11 is 18.4. The lowest BCUT2D eigenvalue weighted by atomic mass is 10.2. The third-order valence-corrected chi connectivity index (χ3v) is 5.66. The molecule has 0 aliphatic carbocycles. The number of hydrogen-bond donors (Lipinski definition) is 4. The van der Waals surface area contributed by atoms with E-state index < -0.39 is 9.96 Å². The number of methoxy groups -OCH3 is 3. The first-order valence-corrected chi connectivity index (χ1v) is 11.9. The molecule has 35 heavy (non-hydrogen) atoms. The van der Waals surface area contributed by atoms with Crippen molar-refractivity contribution in [1.82, 2.24) is 20.3 Å². The maximum absolute atomic E-state index is 12.3. The Labute approximate surface area is 218 Å². The van der Waals surface area contributed by atoms with Crippen LogP contribution >= 0.6 is 34.8 Å². The number of carbonyl (C=O) groups is 1. The molecular formula is C22H27Cl3N6O4. The van der Waals surface area contributed by atoms with Gasteiger partial charge in [0, 0.05) is 30.4 Å². The number of carbonyl (C=O) groups excluding carboxylic acids is 1. The SMILES string of the molecule is CCCCC(=O)NC(Nc1nc(Nc2cc(OC)c(OC)c(OC)c2)c2cc[nH]c2n1)C(Cl)(Cl)Cl. The van der Waals surface area contributed by atoms with Crippen LogP contribution in [-0.2, 0) is 4.79 Å². The van der Waals surface area contributed by atoms with Crippen molar-refractivity contribution in [1.29, 1.82) is 0 Å². The lowest BCUT2D eigenvalue weighted by Gasteiger charge is -2.26. The first-order chi connectivity index (χ1) is 16.7. The molecule has 190 valence electrons. The zero-order valence-corrected chi connectivity index (χ0v) is 21.9. The zero-order valence-electron chi connectivity index (χ0n) is 19.7. The van der Waals surface area contributed by atoms with Crippen LogP contribution in [0.1, 0.15) is 26.2 Å². The standard InChI is InChI=1S/C22H27Cl3N6O4/c1-5-6-7-16(32)28-20(22(23,24)25)31-21-29-18-13(8-9-26-18)19(30-21)27-12-10-14(33-2)17(35-4)15(11-12)34-3/h8-11,20H,5-7H2,1-4H3,(H,28,32)(H3,26,27,29,30,31). The van der Waals surface area contributed by atoms with Gasteiger partial charge in [0.2, 0.25) is 21.4 Å². The Bertz CT molecular complexity index is 1140. The number of halogens is 3. The van der Waals surface area contributed by atoms with Gasteiger partial charge < -0.3 is 35.1 Å². The summed E-state index contributed by atoms with van der Waals surface area (Å²) in [5, 5.41) is 9.56. The van der Waals surface area contributed by atoms with Crippen molar-refractivity contribution < 1.29 is 19.0 Å². The van der Waals surface area contributed by atoms with Crippen molar-refractivity contribution in [2.24, 2.45) is 0 Å². The summed E-state index contributed by atoms with van der Waals surface area (Å²) in [6, 6.07) is 5.30. The highest BCUT2D eigenvalue weighted by molar-refractivity contribution is 6.68. The van der Waals surface area contributed by atoms with Gasteiger partial charge in [-0.05, 0) is 12.5 Å². The van der Waals surface area contributed by atoms with Crippen LogP contribution in [0.25, 0.3) is 11.0 Å². The van der Waals surface area contributed by atoms with E-state index in [0.29, 0.717) is 52.6 Å². The number of amides is 1. The highest BCUT2D eigenvalue weighted by Gasteiger charge is 2.34. The van der Waals surface area contributed by atoms with Crippen LogP contribution in [0.2, 0.25) is 0 Å². The molecular weight excluding hydrogens is 519 g/mol. The van der Waals surface area contributed by atoms with Gasteiger partial charge in [0.1, 0.15) is 17.6 Å². The molecule has 0 bridgehead atoms. The second-order valence-corrected chi connectivity index (χ2v) is 9.83. The van der Waals surface area contributed by atoms with Gasteiger partial charge >= 0.3 is 0 Å². The number of aromatic nitrogens is 3. The Morgan fingerprint density at radius 1 is 1.11 bits per heavy atom. The van der Waals surface area contributed by atoms with Gasteiger partial charge in [0.15, 0.2) is 11.5 Å². The Kier molecular flexibility index (Phi) is 8.98. The normalized spacial score (nSPS) is 12.2. The summed E-state index contributed by atoms with van der Waals surface area (Å²) in [5.41, 5.74) is 1.15. The Balaban J connectivity index is 1.95. The Morgan fingerprint density at radius 2 is 1.80 bits per heavy atom. The molecule has 2 heterocycles. The third kappa shape index (κ3) is 6.65. The number of nitrogens with one attached hydrogen (secondary N) is 4. The van der Waals surface area contributed by atoms with Crippen LogP contribution in [0.4, 0.5) is 17.5 Å². The van der Waals surface area contributed by atoms with Gasteiger partial charge in [0.25, 0.3) is 0 Å². The molecule has 0 saturated heterocycles. The number of H-pyrrole nitrogens is 1. The van der Waals surface area contributed by atoms with Crippen LogP contribution in [0.3, 0.4) is 0 Å². The molecule has 0 aliphatic rings. The minimum absolute atomic E-state index is 0.127. The van der Waals surface area contributed by atoms with Crippen molar-refractivity contribution in [3.63, 3.8) is 0 Å². The summed E-state index contributed by atoms with van der Waals surface area (Å²) < 4.78 is 14.4. The predicted molar refractivity (Wildman–Crippen MR) is 139 cm³/mol. The average Bonchev–Trinajstić information content (AvgIpc) is 3.30. The number of benzene rings is 1. The van der Waals surface area contributed by atoms with Gasteiger partial charge in [-0.3, -0.25) is 4.79 Å². The lowest BCUT2D eigenvalue weighted by Crippen LogP contribution is -2.49. The van der Waals surface area contributed by atoms with Crippen LogP contribution < -0.4 is 30.2 Å². The van der Waals surface area contributed by atoms with Crippen molar-refractivity contribution in [2.75, 3.05) is 32.0 Å². The molecule has 13 heteroatoms. The summed E-state index contributed by atoms with van der Waals surface area (Å²) in [6.07, 6.45) is 2.54. The molecule has 1 atom stereocenters. The number of unbranched alkanes of at least 4 members (excludes halogenated alkanes) is 1. The van der Waals surface area contributed by atoms with E-state index in [0.717, 1.165) is 6.42 Å². The average molecular weight is 546 g/mol. The van der Waals surface area contributed by atoms with E-state index in [9.17, 15) is 4.79 Å². The van der Waals surface area contributed by atoms with Gasteiger partial charge in [-0.25, -0.2) is 0 Å².